The van der Waals surface area contributed by atoms with Crippen LogP contribution in [0.25, 0.3) is 0 Å². The maximum absolute atomic E-state index is 14.4. The molecule has 2 saturated heterocycles. The van der Waals surface area contributed by atoms with Crippen LogP contribution in [-0.2, 0) is 16.1 Å². The highest BCUT2D eigenvalue weighted by atomic mass is 32.2. The Bertz CT molecular complexity index is 814. The van der Waals surface area contributed by atoms with Gasteiger partial charge in [-0.25, -0.2) is 4.39 Å². The molecule has 2 aliphatic rings. The van der Waals surface area contributed by atoms with Gasteiger partial charge in [-0.2, -0.15) is 5.10 Å². The van der Waals surface area contributed by atoms with Crippen molar-refractivity contribution >= 4 is 35.0 Å². The normalized spacial score (nSPS) is 24.8. The molecule has 0 spiro atoms. The van der Waals surface area contributed by atoms with E-state index in [4.69, 9.17) is 5.11 Å². The first-order valence-electron chi connectivity index (χ1n) is 9.22. The zero-order chi connectivity index (χ0) is 20.1. The van der Waals surface area contributed by atoms with Gasteiger partial charge >= 0.3 is 5.97 Å². The minimum absolute atomic E-state index is 0.240. The molecule has 2 atom stereocenters. The second-order valence-electron chi connectivity index (χ2n) is 7.18. The molecule has 0 saturated carbocycles. The van der Waals surface area contributed by atoms with E-state index in [-0.39, 0.29) is 17.4 Å². The van der Waals surface area contributed by atoms with Crippen molar-refractivity contribution in [3.05, 3.63) is 35.1 Å². The SMILES string of the molecule is CC1CCCN(Cc2ccc(C=NN=C3NC(=O)C(CC(=O)O)S3)cc2F)C1. The van der Waals surface area contributed by atoms with Crippen molar-refractivity contribution in [1.29, 1.82) is 0 Å². The molecule has 0 aliphatic carbocycles. The fourth-order valence-corrected chi connectivity index (χ4v) is 4.25. The zero-order valence-corrected chi connectivity index (χ0v) is 16.4. The number of halogens is 1. The molecule has 2 heterocycles. The molecule has 2 aliphatic heterocycles. The molecule has 2 N–H and O–H groups in total. The third-order valence-electron chi connectivity index (χ3n) is 4.70. The van der Waals surface area contributed by atoms with Crippen molar-refractivity contribution in [2.75, 3.05) is 13.1 Å². The van der Waals surface area contributed by atoms with Gasteiger partial charge in [-0.3, -0.25) is 14.5 Å². The number of rotatable bonds is 6. The van der Waals surface area contributed by atoms with Crippen LogP contribution in [0.3, 0.4) is 0 Å². The van der Waals surface area contributed by atoms with E-state index in [1.54, 1.807) is 12.1 Å². The lowest BCUT2D eigenvalue weighted by atomic mass is 9.99. The Morgan fingerprint density at radius 3 is 3.04 bits per heavy atom. The third-order valence-corrected chi connectivity index (χ3v) is 5.78. The lowest BCUT2D eigenvalue weighted by Crippen LogP contribution is -2.33. The molecule has 3 rings (SSSR count). The van der Waals surface area contributed by atoms with Gasteiger partial charge in [-0.15, -0.1) is 5.10 Å². The number of carbonyl (C=O) groups is 2. The minimum atomic E-state index is -1.05. The minimum Gasteiger partial charge on any atom is -0.481 e. The van der Waals surface area contributed by atoms with Crippen LogP contribution in [0.1, 0.15) is 37.3 Å². The van der Waals surface area contributed by atoms with Crippen LogP contribution in [-0.4, -0.2) is 51.6 Å². The molecule has 28 heavy (non-hydrogen) atoms. The molecular formula is C19H23FN4O3S. The average molecular weight is 406 g/mol. The van der Waals surface area contributed by atoms with Gasteiger partial charge in [0.1, 0.15) is 11.1 Å². The molecule has 1 amide bonds. The highest BCUT2D eigenvalue weighted by Gasteiger charge is 2.32. The van der Waals surface area contributed by atoms with Crippen molar-refractivity contribution in [1.82, 2.24) is 10.2 Å². The fourth-order valence-electron chi connectivity index (χ4n) is 3.34. The molecule has 2 fully saturated rings. The van der Waals surface area contributed by atoms with Gasteiger partial charge in [0, 0.05) is 18.7 Å². The Hall–Kier alpha value is -2.26. The first-order chi connectivity index (χ1) is 13.4. The molecule has 0 aromatic heterocycles. The summed E-state index contributed by atoms with van der Waals surface area (Å²) in [6, 6.07) is 4.96. The Labute approximate surface area is 167 Å². The summed E-state index contributed by atoms with van der Waals surface area (Å²) in [5, 5.41) is 18.5. The van der Waals surface area contributed by atoms with E-state index in [0.717, 1.165) is 31.3 Å². The molecule has 0 bridgehead atoms. The summed E-state index contributed by atoms with van der Waals surface area (Å²) in [6.45, 7) is 4.81. The Balaban J connectivity index is 1.58. The lowest BCUT2D eigenvalue weighted by Gasteiger charge is -2.30. The number of nitrogens with zero attached hydrogens (tertiary/aromatic N) is 3. The van der Waals surface area contributed by atoms with Crippen molar-refractivity contribution in [2.45, 2.75) is 38.0 Å². The van der Waals surface area contributed by atoms with E-state index < -0.39 is 17.1 Å². The number of likely N-dealkylation sites (tertiary alicyclic amines) is 1. The standard InChI is InChI=1S/C19H23FN4O3S/c1-12-3-2-6-24(10-12)11-14-5-4-13(7-15(14)20)9-21-23-19-22-18(27)16(28-19)8-17(25)26/h4-5,7,9,12,16H,2-3,6,8,10-11H2,1H3,(H,25,26)(H,22,23,27). The summed E-state index contributed by atoms with van der Waals surface area (Å²) in [5.74, 6) is -1.08. The smallest absolute Gasteiger partial charge is 0.305 e. The summed E-state index contributed by atoms with van der Waals surface area (Å²) >= 11 is 1.02. The van der Waals surface area contributed by atoms with Crippen LogP contribution in [0.2, 0.25) is 0 Å². The second-order valence-corrected chi connectivity index (χ2v) is 8.37. The van der Waals surface area contributed by atoms with E-state index in [1.165, 1.54) is 18.7 Å². The zero-order valence-electron chi connectivity index (χ0n) is 15.6. The highest BCUT2D eigenvalue weighted by molar-refractivity contribution is 8.15. The predicted octanol–water partition coefficient (Wildman–Crippen LogP) is 2.45. The number of aliphatic carboxylic acids is 1. The maximum Gasteiger partial charge on any atom is 0.305 e. The maximum atomic E-state index is 14.4. The summed E-state index contributed by atoms with van der Waals surface area (Å²) in [6.07, 6.45) is 3.50. The Morgan fingerprint density at radius 1 is 1.50 bits per heavy atom. The largest absolute Gasteiger partial charge is 0.481 e. The van der Waals surface area contributed by atoms with Crippen molar-refractivity contribution in [2.24, 2.45) is 16.1 Å². The summed E-state index contributed by atoms with van der Waals surface area (Å²) in [5.41, 5.74) is 1.22. The van der Waals surface area contributed by atoms with E-state index in [0.29, 0.717) is 23.6 Å². The van der Waals surface area contributed by atoms with E-state index in [2.05, 4.69) is 27.3 Å². The van der Waals surface area contributed by atoms with Crippen LogP contribution < -0.4 is 5.32 Å². The fraction of sp³-hybridized carbons (Fsp3) is 0.474. The van der Waals surface area contributed by atoms with Gasteiger partial charge in [0.25, 0.3) is 0 Å². The number of hydrogen-bond acceptors (Lipinski definition) is 6. The second kappa shape index (κ2) is 9.29. The first-order valence-corrected chi connectivity index (χ1v) is 10.1. The van der Waals surface area contributed by atoms with Crippen molar-refractivity contribution in [3.63, 3.8) is 0 Å². The number of amides is 1. The molecule has 0 radical (unpaired) electrons. The first kappa shape index (κ1) is 20.5. The number of hydrogen-bond donors (Lipinski definition) is 2. The number of carboxylic acid groups (broad SMARTS) is 1. The number of thioether (sulfide) groups is 1. The molecule has 9 heteroatoms. The Kier molecular flexibility index (Phi) is 6.79. The molecule has 1 aromatic rings. The molecule has 2 unspecified atom stereocenters. The highest BCUT2D eigenvalue weighted by Crippen LogP contribution is 2.22. The Morgan fingerprint density at radius 2 is 2.32 bits per heavy atom. The van der Waals surface area contributed by atoms with Gasteiger partial charge in [-0.05, 0) is 36.9 Å². The van der Waals surface area contributed by atoms with Crippen LogP contribution in [0.15, 0.2) is 28.4 Å². The van der Waals surface area contributed by atoms with E-state index >= 15 is 0 Å². The summed E-state index contributed by atoms with van der Waals surface area (Å²) < 4.78 is 14.4. The van der Waals surface area contributed by atoms with Gasteiger partial charge < -0.3 is 10.4 Å². The summed E-state index contributed by atoms with van der Waals surface area (Å²) in [7, 11) is 0. The van der Waals surface area contributed by atoms with Gasteiger partial charge in [-0.1, -0.05) is 30.8 Å². The van der Waals surface area contributed by atoms with Gasteiger partial charge in [0.2, 0.25) is 5.91 Å². The monoisotopic (exact) mass is 406 g/mol. The van der Waals surface area contributed by atoms with Crippen LogP contribution >= 0.6 is 11.8 Å². The van der Waals surface area contributed by atoms with E-state index in [1.807, 2.05) is 0 Å². The average Bonchev–Trinajstić information content (AvgIpc) is 2.96. The number of carbonyl (C=O) groups excluding carboxylic acids is 1. The van der Waals surface area contributed by atoms with Crippen molar-refractivity contribution in [3.8, 4) is 0 Å². The number of nitrogens with one attached hydrogen (secondary N) is 1. The number of carboxylic acids is 1. The van der Waals surface area contributed by atoms with Gasteiger partial charge in [0.05, 0.1) is 12.6 Å². The number of piperidine rings is 1. The van der Waals surface area contributed by atoms with Crippen LogP contribution in [0.5, 0.6) is 0 Å². The topological polar surface area (TPSA) is 94.4 Å². The van der Waals surface area contributed by atoms with Crippen LogP contribution in [0.4, 0.5) is 4.39 Å². The molecule has 150 valence electrons. The van der Waals surface area contributed by atoms with Crippen molar-refractivity contribution < 1.29 is 19.1 Å². The third kappa shape index (κ3) is 5.62. The van der Waals surface area contributed by atoms with E-state index in [9.17, 15) is 14.0 Å². The van der Waals surface area contributed by atoms with Crippen LogP contribution in [0, 0.1) is 11.7 Å². The lowest BCUT2D eigenvalue weighted by molar-refractivity contribution is -0.138. The number of benzene rings is 1. The van der Waals surface area contributed by atoms with Gasteiger partial charge in [0.15, 0.2) is 5.17 Å². The molecular weight excluding hydrogens is 383 g/mol. The molecule has 7 nitrogen and oxygen atoms in total. The summed E-state index contributed by atoms with van der Waals surface area (Å²) in [4.78, 5) is 24.6. The predicted molar refractivity (Wildman–Crippen MR) is 107 cm³/mol. The number of amidine groups is 1. The molecule has 1 aromatic carbocycles. The quantitative estimate of drug-likeness (QED) is 0.559.